The molecule has 1 saturated heterocycles. The molecule has 1 aromatic carbocycles. The molecule has 4 atom stereocenters. The number of hydrogen-bond acceptors (Lipinski definition) is 2. The van der Waals surface area contributed by atoms with Gasteiger partial charge in [-0.05, 0) is 25.0 Å². The molecule has 5 heteroatoms. The van der Waals surface area contributed by atoms with Gasteiger partial charge in [-0.3, -0.25) is 14.5 Å². The maximum Gasteiger partial charge on any atom is 0.237 e. The predicted octanol–water partition coefficient (Wildman–Crippen LogP) is 3.11. The molecule has 1 saturated carbocycles. The van der Waals surface area contributed by atoms with Crippen LogP contribution in [0.3, 0.4) is 0 Å². The molecule has 1 heterocycles. The van der Waals surface area contributed by atoms with Crippen LogP contribution in [0.2, 0.25) is 0 Å². The van der Waals surface area contributed by atoms with Crippen LogP contribution in [0, 0.1) is 11.8 Å². The number of benzene rings is 1. The summed E-state index contributed by atoms with van der Waals surface area (Å²) >= 11 is 7.17. The Morgan fingerprint density at radius 1 is 0.895 bits per heavy atom. The Morgan fingerprint density at radius 2 is 1.37 bits per heavy atom. The minimum atomic E-state index is -0.175. The fourth-order valence-electron chi connectivity index (χ4n) is 2.93. The monoisotopic (exact) mass is 385 g/mol. The van der Waals surface area contributed by atoms with Gasteiger partial charge in [-0.15, -0.1) is 0 Å². The molecule has 2 fully saturated rings. The molecule has 0 unspecified atom stereocenters. The van der Waals surface area contributed by atoms with Gasteiger partial charge in [-0.1, -0.05) is 50.1 Å². The summed E-state index contributed by atoms with van der Waals surface area (Å²) in [7, 11) is 0. The zero-order chi connectivity index (χ0) is 13.6. The van der Waals surface area contributed by atoms with Crippen LogP contribution in [0.15, 0.2) is 30.3 Å². The molecule has 0 bridgehead atoms. The Hall–Kier alpha value is -0.680. The van der Waals surface area contributed by atoms with Gasteiger partial charge in [0.05, 0.1) is 17.5 Å². The average Bonchev–Trinajstić information content (AvgIpc) is 2.64. The highest BCUT2D eigenvalue weighted by Gasteiger charge is 2.52. The van der Waals surface area contributed by atoms with Crippen LogP contribution in [-0.4, -0.2) is 21.5 Å². The molecule has 3 rings (SSSR count). The van der Waals surface area contributed by atoms with Crippen molar-refractivity contribution >= 4 is 49.4 Å². The van der Waals surface area contributed by atoms with Crippen LogP contribution in [0.25, 0.3) is 0 Å². The van der Waals surface area contributed by atoms with Crippen molar-refractivity contribution in [2.75, 3.05) is 4.90 Å². The quantitative estimate of drug-likeness (QED) is 0.549. The first-order valence-electron chi connectivity index (χ1n) is 6.30. The number of rotatable bonds is 1. The number of halogens is 2. The number of nitrogens with zero attached hydrogens (tertiary/aromatic N) is 1. The number of imide groups is 1. The van der Waals surface area contributed by atoms with Crippen molar-refractivity contribution in [3.63, 3.8) is 0 Å². The minimum Gasteiger partial charge on any atom is -0.274 e. The lowest BCUT2D eigenvalue weighted by molar-refractivity contribution is -0.122. The highest BCUT2D eigenvalue weighted by Crippen LogP contribution is 2.44. The van der Waals surface area contributed by atoms with E-state index in [-0.39, 0.29) is 33.3 Å². The molecular weight excluding hydrogens is 374 g/mol. The van der Waals surface area contributed by atoms with E-state index in [1.54, 1.807) is 0 Å². The van der Waals surface area contributed by atoms with Crippen LogP contribution in [-0.2, 0) is 9.59 Å². The van der Waals surface area contributed by atoms with Gasteiger partial charge >= 0.3 is 0 Å². The molecule has 0 radical (unpaired) electrons. The second-order valence-electron chi connectivity index (χ2n) is 5.06. The van der Waals surface area contributed by atoms with Gasteiger partial charge < -0.3 is 0 Å². The van der Waals surface area contributed by atoms with E-state index in [2.05, 4.69) is 31.9 Å². The Bertz CT molecular complexity index is 491. The van der Waals surface area contributed by atoms with Crippen LogP contribution < -0.4 is 4.90 Å². The van der Waals surface area contributed by atoms with Gasteiger partial charge in [-0.2, -0.15) is 0 Å². The lowest BCUT2D eigenvalue weighted by Gasteiger charge is -2.29. The van der Waals surface area contributed by atoms with E-state index in [0.29, 0.717) is 18.5 Å². The van der Waals surface area contributed by atoms with E-state index in [1.807, 2.05) is 30.3 Å². The minimum absolute atomic E-state index is 0.0509. The van der Waals surface area contributed by atoms with E-state index >= 15 is 0 Å². The number of fused-ring (bicyclic) bond motifs is 1. The zero-order valence-corrected chi connectivity index (χ0v) is 13.3. The Labute approximate surface area is 128 Å². The van der Waals surface area contributed by atoms with E-state index in [4.69, 9.17) is 0 Å². The Morgan fingerprint density at radius 3 is 1.84 bits per heavy atom. The summed E-state index contributed by atoms with van der Waals surface area (Å²) in [6, 6.07) is 9.19. The summed E-state index contributed by atoms with van der Waals surface area (Å²) in [5, 5.41) is 0. The maximum atomic E-state index is 12.5. The predicted molar refractivity (Wildman–Crippen MR) is 80.6 cm³/mol. The van der Waals surface area contributed by atoms with Crippen molar-refractivity contribution in [3.05, 3.63) is 30.3 Å². The first-order valence-corrected chi connectivity index (χ1v) is 8.13. The first-order chi connectivity index (χ1) is 9.09. The van der Waals surface area contributed by atoms with Crippen LogP contribution in [0.5, 0.6) is 0 Å². The third kappa shape index (κ3) is 2.17. The fourth-order valence-corrected chi connectivity index (χ4v) is 4.16. The van der Waals surface area contributed by atoms with Crippen molar-refractivity contribution < 1.29 is 9.59 Å². The smallest absolute Gasteiger partial charge is 0.237 e. The molecule has 2 aliphatic rings. The summed E-state index contributed by atoms with van der Waals surface area (Å²) in [4.78, 5) is 26.8. The lowest BCUT2D eigenvalue weighted by atomic mass is 9.81. The Kier molecular flexibility index (Phi) is 3.52. The summed E-state index contributed by atoms with van der Waals surface area (Å²) < 4.78 is 0. The summed E-state index contributed by atoms with van der Waals surface area (Å²) in [5.74, 6) is -0.452. The summed E-state index contributed by atoms with van der Waals surface area (Å²) in [6.07, 6.45) is 1.43. The Balaban J connectivity index is 1.94. The number of anilines is 1. The van der Waals surface area contributed by atoms with Gasteiger partial charge in [0, 0.05) is 9.65 Å². The van der Waals surface area contributed by atoms with Crippen LogP contribution >= 0.6 is 31.9 Å². The van der Waals surface area contributed by atoms with Gasteiger partial charge in [0.15, 0.2) is 0 Å². The van der Waals surface area contributed by atoms with Gasteiger partial charge in [0.1, 0.15) is 0 Å². The maximum absolute atomic E-state index is 12.5. The molecule has 0 N–H and O–H groups in total. The van der Waals surface area contributed by atoms with Crippen molar-refractivity contribution in [1.82, 2.24) is 0 Å². The fraction of sp³-hybridized carbons (Fsp3) is 0.429. The number of carbonyl (C=O) groups excluding carboxylic acids is 2. The average molecular weight is 387 g/mol. The van der Waals surface area contributed by atoms with Crippen molar-refractivity contribution in [2.45, 2.75) is 22.5 Å². The van der Waals surface area contributed by atoms with Crippen molar-refractivity contribution in [2.24, 2.45) is 11.8 Å². The molecular formula is C14H13Br2NO2. The molecule has 1 aliphatic heterocycles. The standard InChI is InChI=1S/C14H13Br2NO2/c15-11-6-9-10(7-12(11)16)14(19)17(13(9)18)8-4-2-1-3-5-8/h1-5,9-12H,6-7H2/t9-,10+,11+,12-. The second-order valence-corrected chi connectivity index (χ2v) is 7.42. The number of para-hydroxylation sites is 1. The number of hydrogen-bond donors (Lipinski definition) is 0. The van der Waals surface area contributed by atoms with E-state index in [1.165, 1.54) is 4.90 Å². The van der Waals surface area contributed by atoms with Gasteiger partial charge in [-0.25, -0.2) is 0 Å². The lowest BCUT2D eigenvalue weighted by Crippen LogP contribution is -2.34. The number of alkyl halides is 2. The van der Waals surface area contributed by atoms with Crippen molar-refractivity contribution in [3.8, 4) is 0 Å². The molecule has 100 valence electrons. The number of carbonyl (C=O) groups is 2. The third-order valence-corrected chi connectivity index (χ3v) is 6.66. The zero-order valence-electron chi connectivity index (χ0n) is 10.1. The summed E-state index contributed by atoms with van der Waals surface area (Å²) in [6.45, 7) is 0. The van der Waals surface area contributed by atoms with E-state index in [0.717, 1.165) is 0 Å². The first kappa shape index (κ1) is 13.3. The molecule has 0 spiro atoms. The molecule has 0 aromatic heterocycles. The highest BCUT2D eigenvalue weighted by molar-refractivity contribution is 9.12. The largest absolute Gasteiger partial charge is 0.274 e. The third-order valence-electron chi connectivity index (χ3n) is 3.93. The van der Waals surface area contributed by atoms with Gasteiger partial charge in [0.25, 0.3) is 0 Å². The van der Waals surface area contributed by atoms with Crippen molar-refractivity contribution in [1.29, 1.82) is 0 Å². The molecule has 19 heavy (non-hydrogen) atoms. The molecule has 2 amide bonds. The van der Waals surface area contributed by atoms with Crippen LogP contribution in [0.1, 0.15) is 12.8 Å². The summed E-state index contributed by atoms with van der Waals surface area (Å²) in [5.41, 5.74) is 0.684. The number of amides is 2. The molecule has 3 nitrogen and oxygen atoms in total. The topological polar surface area (TPSA) is 37.4 Å². The van der Waals surface area contributed by atoms with Crippen LogP contribution in [0.4, 0.5) is 5.69 Å². The van der Waals surface area contributed by atoms with E-state index < -0.39 is 0 Å². The molecule has 1 aliphatic carbocycles. The van der Waals surface area contributed by atoms with E-state index in [9.17, 15) is 9.59 Å². The SMILES string of the molecule is O=C1[C@H]2C[C@@H](Br)[C@@H](Br)C[C@H]2C(=O)N1c1ccccc1. The highest BCUT2D eigenvalue weighted by atomic mass is 79.9. The second kappa shape index (κ2) is 5.02. The van der Waals surface area contributed by atoms with Gasteiger partial charge in [0.2, 0.25) is 11.8 Å². The molecule has 1 aromatic rings. The normalized spacial score (nSPS) is 34.5.